The molecule has 8 aliphatic carbocycles. The van der Waals surface area contributed by atoms with Crippen LogP contribution in [0.15, 0.2) is 0 Å². The number of rotatable bonds is 24. The van der Waals surface area contributed by atoms with Crippen molar-refractivity contribution in [3.05, 3.63) is 0 Å². The zero-order chi connectivity index (χ0) is 63.0. The monoisotopic (exact) mass is 1240 g/mol. The molecule has 0 saturated heterocycles. The van der Waals surface area contributed by atoms with Crippen molar-refractivity contribution < 1.29 is 80.2 Å². The standard InChI is InChI=1S/C32H58N2O8S.C32H58N2O7S/c1-20(7-10-29(39)33-13-6-14-34(4,5)18-23(36)19-43(40,41)42)24-8-9-25-30-26(17-28(38)32(24,25)3)31(2)12-11-22(35)15-21(31)16-27(30)37;1-21(8-11-29(38)33-14-6-15-34(4,5)16-7-17-42(39,40)41)24-9-10-25-30-26(20-28(37)32(24,25)3)31(2)13-12-23(35)18-22(31)19-27(30)36/h20-28,30,35-38H,6-19H2,1-5H3,(H-,33,39,40,41,42);21-28,30,35-37H,6-20H2,1-5H3,(H-,33,38,39,40,41). The van der Waals surface area contributed by atoms with Crippen molar-refractivity contribution in [3.8, 4) is 0 Å². The smallest absolute Gasteiger partial charge is 0.220 e. The highest BCUT2D eigenvalue weighted by Gasteiger charge is 2.67. The molecule has 0 spiro atoms. The van der Waals surface area contributed by atoms with Gasteiger partial charge in [0.25, 0.3) is 0 Å². The Morgan fingerprint density at radius 2 is 0.953 bits per heavy atom. The van der Waals surface area contributed by atoms with E-state index in [1.165, 1.54) is 0 Å². The predicted octanol–water partition coefficient (Wildman–Crippen LogP) is 4.74. The number of quaternary nitrogens is 2. The van der Waals surface area contributed by atoms with Gasteiger partial charge in [-0.25, -0.2) is 16.8 Å². The third-order valence-electron chi connectivity index (χ3n) is 25.5. The number of carbonyl (C=O) groups excluding carboxylic acids is 2. The molecule has 0 aliphatic heterocycles. The van der Waals surface area contributed by atoms with E-state index in [1.54, 1.807) is 0 Å². The summed E-state index contributed by atoms with van der Waals surface area (Å²) >= 11 is 0. The van der Waals surface area contributed by atoms with Crippen LogP contribution in [0.5, 0.6) is 0 Å². The van der Waals surface area contributed by atoms with Crippen molar-refractivity contribution in [1.82, 2.24) is 10.6 Å². The minimum absolute atomic E-state index is 0.0141. The van der Waals surface area contributed by atoms with Crippen molar-refractivity contribution in [2.24, 2.45) is 92.7 Å². The van der Waals surface area contributed by atoms with Crippen molar-refractivity contribution in [2.75, 3.05) is 79.0 Å². The van der Waals surface area contributed by atoms with Crippen LogP contribution in [-0.4, -0.2) is 204 Å². The van der Waals surface area contributed by atoms with E-state index in [-0.39, 0.29) is 111 Å². The molecule has 2 amide bonds. The fourth-order valence-corrected chi connectivity index (χ4v) is 21.8. The first-order valence-electron chi connectivity index (χ1n) is 33.2. The summed E-state index contributed by atoms with van der Waals surface area (Å²) in [7, 11) is -0.952. The van der Waals surface area contributed by atoms with Gasteiger partial charge in [0.2, 0.25) is 11.8 Å². The quantitative estimate of drug-likeness (QED) is 0.0358. The molecule has 8 saturated carbocycles. The maximum absolute atomic E-state index is 12.7. The summed E-state index contributed by atoms with van der Waals surface area (Å²) in [4.78, 5) is 25.4. The normalized spacial score (nSPS) is 41.0. The SMILES string of the molecule is CC(CCC(=O)NCCC[N+](C)(C)CC(O)CS(=O)(=O)[O-])C1CCC2C3C(O)CC4CC(O)CCC4(C)C3CC(O)C12C.CC(CCC(=O)NCCC[N+](C)(C)CCCS(=O)(=O)[O-])C1CCC2C3C(O)CC4CC(O)CCC4(C)C3CC(O)C12C. The summed E-state index contributed by atoms with van der Waals surface area (Å²) in [6.07, 6.45) is 12.8. The Kier molecular flexibility index (Phi) is 23.1. The molecule has 85 heavy (non-hydrogen) atoms. The first kappa shape index (κ1) is 70.9. The van der Waals surface area contributed by atoms with Gasteiger partial charge in [0.15, 0.2) is 0 Å². The second-order valence-electron chi connectivity index (χ2n) is 31.7. The van der Waals surface area contributed by atoms with Crippen molar-refractivity contribution in [1.29, 1.82) is 0 Å². The lowest BCUT2D eigenvalue weighted by molar-refractivity contribution is -0.893. The average molecular weight is 1250 g/mol. The summed E-state index contributed by atoms with van der Waals surface area (Å²) in [5.74, 6) is 2.13. The topological polar surface area (TPSA) is 314 Å². The molecular formula is C64H116N4O15S2. The van der Waals surface area contributed by atoms with Crippen molar-refractivity contribution >= 4 is 32.1 Å². The summed E-state index contributed by atoms with van der Waals surface area (Å²) in [6, 6.07) is 0. The molecule has 23 unspecified atom stereocenters. The maximum atomic E-state index is 12.7. The fraction of sp³-hybridized carbons (Fsp3) is 0.969. The van der Waals surface area contributed by atoms with Crippen molar-refractivity contribution in [2.45, 2.75) is 219 Å². The van der Waals surface area contributed by atoms with Crippen LogP contribution in [0, 0.1) is 92.7 Å². The van der Waals surface area contributed by atoms with Gasteiger partial charge in [0, 0.05) is 50.9 Å². The Balaban J connectivity index is 0.000000244. The van der Waals surface area contributed by atoms with Crippen LogP contribution in [-0.2, 0) is 29.8 Å². The van der Waals surface area contributed by atoms with Crippen molar-refractivity contribution in [3.63, 3.8) is 0 Å². The zero-order valence-electron chi connectivity index (χ0n) is 53.6. The molecule has 0 radical (unpaired) electrons. The van der Waals surface area contributed by atoms with Gasteiger partial charge >= 0.3 is 0 Å². The van der Waals surface area contributed by atoms with Crippen LogP contribution < -0.4 is 10.6 Å². The lowest BCUT2D eigenvalue weighted by atomic mass is 9.43. The lowest BCUT2D eigenvalue weighted by Gasteiger charge is -2.63. The third-order valence-corrected chi connectivity index (χ3v) is 27.1. The molecule has 8 aliphatic rings. The molecule has 8 rings (SSSR count). The van der Waals surface area contributed by atoms with E-state index in [0.29, 0.717) is 90.9 Å². The number of nitrogens with one attached hydrogen (secondary N) is 2. The number of fused-ring (bicyclic) bond motifs is 10. The third kappa shape index (κ3) is 16.4. The van der Waals surface area contributed by atoms with Gasteiger partial charge in [0.1, 0.15) is 12.6 Å². The minimum Gasteiger partial charge on any atom is -0.748 e. The minimum atomic E-state index is -4.48. The maximum Gasteiger partial charge on any atom is 0.220 e. The van der Waals surface area contributed by atoms with E-state index >= 15 is 0 Å². The molecule has 9 N–H and O–H groups in total. The molecule has 494 valence electrons. The summed E-state index contributed by atoms with van der Waals surface area (Å²) < 4.78 is 66.2. The van der Waals surface area contributed by atoms with Crippen LogP contribution in [0.3, 0.4) is 0 Å². The van der Waals surface area contributed by atoms with Gasteiger partial charge in [0.05, 0.1) is 110 Å². The predicted molar refractivity (Wildman–Crippen MR) is 323 cm³/mol. The first-order chi connectivity index (χ1) is 39.3. The molecule has 8 fully saturated rings. The molecular weight excluding hydrogens is 1130 g/mol. The number of aliphatic hydroxyl groups is 7. The molecule has 0 aromatic carbocycles. The van der Waals surface area contributed by atoms with Crippen LogP contribution >= 0.6 is 0 Å². The van der Waals surface area contributed by atoms with E-state index in [1.807, 2.05) is 28.2 Å². The number of carbonyl (C=O) groups is 2. The van der Waals surface area contributed by atoms with Gasteiger partial charge in [-0.15, -0.1) is 0 Å². The Labute approximate surface area is 511 Å². The highest BCUT2D eigenvalue weighted by Crippen LogP contribution is 2.70. The molecule has 0 bridgehead atoms. The van der Waals surface area contributed by atoms with Gasteiger partial charge in [-0.05, 0) is 195 Å². The molecule has 23 atom stereocenters. The summed E-state index contributed by atoms with van der Waals surface area (Å²) in [5.41, 5.74) is -0.420. The highest BCUT2D eigenvalue weighted by atomic mass is 32.2. The number of likely N-dealkylation sites (N-methyl/N-ethyl adjacent to an activating group) is 1. The molecule has 0 heterocycles. The van der Waals surface area contributed by atoms with Gasteiger partial charge in [-0.1, -0.05) is 41.5 Å². The van der Waals surface area contributed by atoms with Gasteiger partial charge < -0.3 is 64.5 Å². The first-order valence-corrected chi connectivity index (χ1v) is 36.3. The molecule has 19 nitrogen and oxygen atoms in total. The molecule has 0 aromatic rings. The summed E-state index contributed by atoms with van der Waals surface area (Å²) in [5, 5.41) is 83.1. The number of aliphatic hydroxyl groups excluding tert-OH is 7. The number of hydrogen-bond donors (Lipinski definition) is 9. The van der Waals surface area contributed by atoms with E-state index < -0.39 is 50.4 Å². The second kappa shape index (κ2) is 27.7. The Morgan fingerprint density at radius 3 is 1.35 bits per heavy atom. The van der Waals surface area contributed by atoms with E-state index in [2.05, 4.69) is 52.2 Å². The zero-order valence-corrected chi connectivity index (χ0v) is 55.2. The average Bonchev–Trinajstić information content (AvgIpc) is 1.72. The van der Waals surface area contributed by atoms with E-state index in [9.17, 15) is 71.3 Å². The van der Waals surface area contributed by atoms with Crippen LogP contribution in [0.4, 0.5) is 0 Å². The second-order valence-corrected chi connectivity index (χ2v) is 34.7. The van der Waals surface area contributed by atoms with Crippen LogP contribution in [0.25, 0.3) is 0 Å². The van der Waals surface area contributed by atoms with Gasteiger partial charge in [-0.3, -0.25) is 9.59 Å². The fourth-order valence-electron chi connectivity index (χ4n) is 20.8. The van der Waals surface area contributed by atoms with E-state index in [4.69, 9.17) is 0 Å². The number of hydrogen-bond acceptors (Lipinski definition) is 15. The number of amides is 2. The summed E-state index contributed by atoms with van der Waals surface area (Å²) in [6.45, 7) is 16.8. The molecule has 21 heteroatoms. The lowest BCUT2D eigenvalue weighted by Crippen LogP contribution is -2.62. The van der Waals surface area contributed by atoms with Crippen LogP contribution in [0.1, 0.15) is 176 Å². The van der Waals surface area contributed by atoms with Gasteiger partial charge in [-0.2, -0.15) is 0 Å². The Bertz CT molecular complexity index is 2470. The Hall–Kier alpha value is -1.60. The molecule has 0 aromatic heterocycles. The van der Waals surface area contributed by atoms with E-state index in [0.717, 1.165) is 109 Å². The number of nitrogens with zero attached hydrogens (tertiary/aromatic N) is 2. The Morgan fingerprint density at radius 1 is 0.553 bits per heavy atom. The highest BCUT2D eigenvalue weighted by molar-refractivity contribution is 7.85. The largest absolute Gasteiger partial charge is 0.748 e. The van der Waals surface area contributed by atoms with Crippen LogP contribution in [0.2, 0.25) is 0 Å².